The summed E-state index contributed by atoms with van der Waals surface area (Å²) >= 11 is 0. The van der Waals surface area contributed by atoms with Crippen LogP contribution in [0.5, 0.6) is 5.75 Å². The number of methoxy groups -OCH3 is 1. The molecule has 0 saturated heterocycles. The minimum absolute atomic E-state index is 0.173. The second kappa shape index (κ2) is 4.26. The molecule has 0 heterocycles. The normalized spacial score (nSPS) is 10.5. The van der Waals surface area contributed by atoms with Gasteiger partial charge in [-0.25, -0.2) is 4.39 Å². The van der Waals surface area contributed by atoms with Crippen LogP contribution in [0.15, 0.2) is 18.2 Å². The molecular weight excluding hydrogens is 167 g/mol. The third kappa shape index (κ3) is 2.44. The van der Waals surface area contributed by atoms with Crippen LogP contribution in [-0.4, -0.2) is 7.11 Å². The van der Waals surface area contributed by atoms with Gasteiger partial charge in [-0.2, -0.15) is 0 Å². The van der Waals surface area contributed by atoms with Gasteiger partial charge in [-0.15, -0.1) is 0 Å². The van der Waals surface area contributed by atoms with Crippen molar-refractivity contribution in [2.24, 2.45) is 5.92 Å². The molecule has 0 spiro atoms. The predicted molar refractivity (Wildman–Crippen MR) is 51.5 cm³/mol. The number of hydrogen-bond acceptors (Lipinski definition) is 1. The SMILES string of the molecule is COc1cccc(F)c1CC(C)C. The van der Waals surface area contributed by atoms with Gasteiger partial charge in [0, 0.05) is 5.56 Å². The third-order valence-corrected chi connectivity index (χ3v) is 1.91. The summed E-state index contributed by atoms with van der Waals surface area (Å²) in [5, 5.41) is 0. The molecule has 0 saturated carbocycles. The Balaban J connectivity index is 3.00. The van der Waals surface area contributed by atoms with Crippen LogP contribution < -0.4 is 4.74 Å². The average molecular weight is 182 g/mol. The highest BCUT2D eigenvalue weighted by Gasteiger charge is 2.09. The molecule has 0 N–H and O–H groups in total. The Bertz CT molecular complexity index is 281. The van der Waals surface area contributed by atoms with Gasteiger partial charge < -0.3 is 4.74 Å². The number of benzene rings is 1. The number of halogens is 1. The van der Waals surface area contributed by atoms with E-state index in [1.807, 2.05) is 0 Å². The van der Waals surface area contributed by atoms with Gasteiger partial charge in [-0.1, -0.05) is 19.9 Å². The van der Waals surface area contributed by atoms with Gasteiger partial charge in [-0.05, 0) is 24.5 Å². The first-order chi connectivity index (χ1) is 6.15. The molecule has 1 aromatic rings. The van der Waals surface area contributed by atoms with E-state index >= 15 is 0 Å². The first-order valence-corrected chi connectivity index (χ1v) is 4.46. The van der Waals surface area contributed by atoms with Crippen LogP contribution in [0.2, 0.25) is 0 Å². The highest BCUT2D eigenvalue weighted by molar-refractivity contribution is 5.34. The lowest BCUT2D eigenvalue weighted by Crippen LogP contribution is -2.00. The minimum Gasteiger partial charge on any atom is -0.496 e. The van der Waals surface area contributed by atoms with E-state index in [2.05, 4.69) is 13.8 Å². The molecule has 72 valence electrons. The van der Waals surface area contributed by atoms with E-state index in [1.165, 1.54) is 6.07 Å². The second-order valence-electron chi connectivity index (χ2n) is 3.52. The molecule has 13 heavy (non-hydrogen) atoms. The predicted octanol–water partition coefficient (Wildman–Crippen LogP) is 3.03. The summed E-state index contributed by atoms with van der Waals surface area (Å²) < 4.78 is 18.4. The van der Waals surface area contributed by atoms with Crippen LogP contribution in [-0.2, 0) is 6.42 Å². The van der Waals surface area contributed by atoms with Crippen LogP contribution in [0.4, 0.5) is 4.39 Å². The summed E-state index contributed by atoms with van der Waals surface area (Å²) in [4.78, 5) is 0. The molecule has 0 unspecified atom stereocenters. The lowest BCUT2D eigenvalue weighted by Gasteiger charge is -2.10. The van der Waals surface area contributed by atoms with E-state index in [4.69, 9.17) is 4.74 Å². The Hall–Kier alpha value is -1.05. The fourth-order valence-electron chi connectivity index (χ4n) is 1.34. The lowest BCUT2D eigenvalue weighted by atomic mass is 10.0. The van der Waals surface area contributed by atoms with E-state index in [9.17, 15) is 4.39 Å². The highest BCUT2D eigenvalue weighted by Crippen LogP contribution is 2.23. The van der Waals surface area contributed by atoms with Crippen LogP contribution >= 0.6 is 0 Å². The Morgan fingerprint density at radius 3 is 2.62 bits per heavy atom. The molecule has 0 atom stereocenters. The van der Waals surface area contributed by atoms with Gasteiger partial charge >= 0.3 is 0 Å². The molecular formula is C11H15FO. The quantitative estimate of drug-likeness (QED) is 0.698. The van der Waals surface area contributed by atoms with Gasteiger partial charge in [0.15, 0.2) is 0 Å². The topological polar surface area (TPSA) is 9.23 Å². The highest BCUT2D eigenvalue weighted by atomic mass is 19.1. The van der Waals surface area contributed by atoms with E-state index in [0.29, 0.717) is 17.2 Å². The summed E-state index contributed by atoms with van der Waals surface area (Å²) in [6, 6.07) is 4.93. The van der Waals surface area contributed by atoms with Gasteiger partial charge in [-0.3, -0.25) is 0 Å². The molecule has 0 radical (unpaired) electrons. The smallest absolute Gasteiger partial charge is 0.130 e. The molecule has 2 heteroatoms. The van der Waals surface area contributed by atoms with Crippen molar-refractivity contribution in [2.75, 3.05) is 7.11 Å². The molecule has 0 aliphatic rings. The average Bonchev–Trinajstić information content (AvgIpc) is 2.08. The molecule has 1 rings (SSSR count). The molecule has 0 fully saturated rings. The Kier molecular flexibility index (Phi) is 3.29. The Labute approximate surface area is 78.5 Å². The molecule has 1 nitrogen and oxygen atoms in total. The van der Waals surface area contributed by atoms with Crippen LogP contribution in [0.3, 0.4) is 0 Å². The van der Waals surface area contributed by atoms with Gasteiger partial charge in [0.05, 0.1) is 7.11 Å². The maximum Gasteiger partial charge on any atom is 0.130 e. The Morgan fingerprint density at radius 2 is 2.08 bits per heavy atom. The first kappa shape index (κ1) is 10.0. The van der Waals surface area contributed by atoms with Crippen molar-refractivity contribution in [3.8, 4) is 5.75 Å². The number of hydrogen-bond donors (Lipinski definition) is 0. The molecule has 0 aliphatic carbocycles. The van der Waals surface area contributed by atoms with Crippen molar-refractivity contribution in [1.82, 2.24) is 0 Å². The van der Waals surface area contributed by atoms with Crippen molar-refractivity contribution < 1.29 is 9.13 Å². The van der Waals surface area contributed by atoms with Crippen molar-refractivity contribution in [3.63, 3.8) is 0 Å². The maximum absolute atomic E-state index is 13.3. The van der Waals surface area contributed by atoms with E-state index in [1.54, 1.807) is 19.2 Å². The number of ether oxygens (including phenoxy) is 1. The van der Waals surface area contributed by atoms with Crippen molar-refractivity contribution >= 4 is 0 Å². The van der Waals surface area contributed by atoms with Crippen LogP contribution in [0.1, 0.15) is 19.4 Å². The fraction of sp³-hybridized carbons (Fsp3) is 0.455. The number of rotatable bonds is 3. The summed E-state index contributed by atoms with van der Waals surface area (Å²) in [7, 11) is 1.57. The zero-order chi connectivity index (χ0) is 9.84. The summed E-state index contributed by atoms with van der Waals surface area (Å²) in [5.41, 5.74) is 0.681. The molecule has 1 aromatic carbocycles. The Morgan fingerprint density at radius 1 is 1.38 bits per heavy atom. The van der Waals surface area contributed by atoms with Crippen molar-refractivity contribution in [1.29, 1.82) is 0 Å². The van der Waals surface area contributed by atoms with Gasteiger partial charge in [0.2, 0.25) is 0 Å². The van der Waals surface area contributed by atoms with E-state index < -0.39 is 0 Å². The van der Waals surface area contributed by atoms with Gasteiger partial charge in [0.25, 0.3) is 0 Å². The maximum atomic E-state index is 13.3. The van der Waals surface area contributed by atoms with Crippen molar-refractivity contribution in [3.05, 3.63) is 29.6 Å². The van der Waals surface area contributed by atoms with Gasteiger partial charge in [0.1, 0.15) is 11.6 Å². The molecule has 0 aliphatic heterocycles. The second-order valence-corrected chi connectivity index (χ2v) is 3.52. The standard InChI is InChI=1S/C11H15FO/c1-8(2)7-9-10(12)5-4-6-11(9)13-3/h4-6,8H,7H2,1-3H3. The summed E-state index contributed by atoms with van der Waals surface area (Å²) in [6.45, 7) is 4.12. The fourth-order valence-corrected chi connectivity index (χ4v) is 1.34. The summed E-state index contributed by atoms with van der Waals surface area (Å²) in [5.74, 6) is 0.910. The molecule has 0 aromatic heterocycles. The lowest BCUT2D eigenvalue weighted by molar-refractivity contribution is 0.400. The summed E-state index contributed by atoms with van der Waals surface area (Å²) in [6.07, 6.45) is 0.718. The largest absolute Gasteiger partial charge is 0.496 e. The third-order valence-electron chi connectivity index (χ3n) is 1.91. The zero-order valence-corrected chi connectivity index (χ0v) is 8.30. The molecule has 0 amide bonds. The van der Waals surface area contributed by atoms with Crippen LogP contribution in [0.25, 0.3) is 0 Å². The van der Waals surface area contributed by atoms with E-state index in [-0.39, 0.29) is 5.82 Å². The van der Waals surface area contributed by atoms with Crippen molar-refractivity contribution in [2.45, 2.75) is 20.3 Å². The monoisotopic (exact) mass is 182 g/mol. The minimum atomic E-state index is -0.173. The zero-order valence-electron chi connectivity index (χ0n) is 8.30. The molecule has 0 bridgehead atoms. The first-order valence-electron chi connectivity index (χ1n) is 4.46. The van der Waals surface area contributed by atoms with Crippen LogP contribution in [0, 0.1) is 11.7 Å². The van der Waals surface area contributed by atoms with E-state index in [0.717, 1.165) is 6.42 Å².